The van der Waals surface area contributed by atoms with Crippen molar-refractivity contribution in [2.75, 3.05) is 32.7 Å². The molecular weight excluding hydrogens is 202 g/mol. The quantitative estimate of drug-likeness (QED) is 0.663. The number of rotatable bonds is 1. The summed E-state index contributed by atoms with van der Waals surface area (Å²) in [6.45, 7) is 9.04. The molecule has 1 amide bonds. The molecule has 0 bridgehead atoms. The predicted octanol–water partition coefficient (Wildman–Crippen LogP) is 0.0523. The normalized spacial score (nSPS) is 36.1. The minimum Gasteiger partial charge on any atom is -0.341 e. The molecule has 2 saturated heterocycles. The van der Waals surface area contributed by atoms with Crippen molar-refractivity contribution in [3.05, 3.63) is 0 Å². The minimum absolute atomic E-state index is 0.00523. The van der Waals surface area contributed by atoms with Gasteiger partial charge in [0.05, 0.1) is 6.04 Å². The summed E-state index contributed by atoms with van der Waals surface area (Å²) in [5.74, 6) is 1.67. The van der Waals surface area contributed by atoms with Gasteiger partial charge in [0.25, 0.3) is 0 Å². The summed E-state index contributed by atoms with van der Waals surface area (Å²) in [4.78, 5) is 14.3. The molecule has 0 aromatic heterocycles. The first-order valence-corrected chi connectivity index (χ1v) is 6.41. The lowest BCUT2D eigenvalue weighted by molar-refractivity contribution is -0.136. The first-order chi connectivity index (χ1) is 7.68. The number of hydrogen-bond donors (Lipinski definition) is 2. The van der Waals surface area contributed by atoms with Crippen LogP contribution in [0.2, 0.25) is 0 Å². The average Bonchev–Trinajstić information content (AvgIpc) is 2.33. The van der Waals surface area contributed by atoms with E-state index in [1.165, 1.54) is 0 Å². The van der Waals surface area contributed by atoms with E-state index >= 15 is 0 Å². The monoisotopic (exact) mass is 225 g/mol. The summed E-state index contributed by atoms with van der Waals surface area (Å²) in [5.41, 5.74) is 0. The van der Waals surface area contributed by atoms with Crippen LogP contribution >= 0.6 is 0 Å². The summed E-state index contributed by atoms with van der Waals surface area (Å²) in [6, 6.07) is -0.00523. The van der Waals surface area contributed by atoms with Gasteiger partial charge in [-0.3, -0.25) is 4.79 Å². The standard InChI is InChI=1S/C12H23N3O/c1-9-3-6-15(8-10(9)2)12(16)11-7-13-4-5-14-11/h9-11,13-14H,3-8H2,1-2H3. The van der Waals surface area contributed by atoms with Crippen molar-refractivity contribution in [2.24, 2.45) is 11.8 Å². The number of piperazine rings is 1. The number of amides is 1. The Bertz CT molecular complexity index is 251. The topological polar surface area (TPSA) is 44.4 Å². The molecule has 2 N–H and O–H groups in total. The molecule has 4 nitrogen and oxygen atoms in total. The van der Waals surface area contributed by atoms with E-state index in [1.807, 2.05) is 4.90 Å². The molecule has 0 aliphatic carbocycles. The van der Waals surface area contributed by atoms with Gasteiger partial charge in [0.15, 0.2) is 0 Å². The molecule has 16 heavy (non-hydrogen) atoms. The van der Waals surface area contributed by atoms with Gasteiger partial charge < -0.3 is 15.5 Å². The molecule has 2 aliphatic rings. The van der Waals surface area contributed by atoms with Crippen molar-refractivity contribution in [3.8, 4) is 0 Å². The Morgan fingerprint density at radius 1 is 1.25 bits per heavy atom. The Labute approximate surface area is 97.8 Å². The maximum atomic E-state index is 12.2. The maximum absolute atomic E-state index is 12.2. The van der Waals surface area contributed by atoms with Crippen molar-refractivity contribution in [1.82, 2.24) is 15.5 Å². The van der Waals surface area contributed by atoms with Gasteiger partial charge in [0.1, 0.15) is 0 Å². The fourth-order valence-corrected chi connectivity index (χ4v) is 2.51. The number of carbonyl (C=O) groups excluding carboxylic acids is 1. The van der Waals surface area contributed by atoms with E-state index in [1.54, 1.807) is 0 Å². The summed E-state index contributed by atoms with van der Waals surface area (Å²) in [6.07, 6.45) is 1.15. The summed E-state index contributed by atoms with van der Waals surface area (Å²) < 4.78 is 0. The van der Waals surface area contributed by atoms with Gasteiger partial charge in [0, 0.05) is 32.7 Å². The smallest absolute Gasteiger partial charge is 0.241 e. The van der Waals surface area contributed by atoms with Crippen LogP contribution in [0.15, 0.2) is 0 Å². The lowest BCUT2D eigenvalue weighted by Gasteiger charge is -2.38. The largest absolute Gasteiger partial charge is 0.341 e. The number of nitrogens with one attached hydrogen (secondary N) is 2. The molecule has 2 rings (SSSR count). The van der Waals surface area contributed by atoms with Crippen LogP contribution in [0.5, 0.6) is 0 Å². The Morgan fingerprint density at radius 2 is 2.06 bits per heavy atom. The Kier molecular flexibility index (Phi) is 3.82. The molecule has 2 aliphatic heterocycles. The van der Waals surface area contributed by atoms with Crippen LogP contribution in [0.1, 0.15) is 20.3 Å². The Balaban J connectivity index is 1.89. The molecule has 0 aromatic carbocycles. The number of carbonyl (C=O) groups is 1. The molecule has 2 heterocycles. The van der Waals surface area contributed by atoms with Crippen LogP contribution in [0.3, 0.4) is 0 Å². The molecule has 0 aromatic rings. The molecule has 0 saturated carbocycles. The van der Waals surface area contributed by atoms with Gasteiger partial charge in [0.2, 0.25) is 5.91 Å². The molecule has 2 fully saturated rings. The van der Waals surface area contributed by atoms with Crippen LogP contribution in [0, 0.1) is 11.8 Å². The molecule has 3 unspecified atom stereocenters. The van der Waals surface area contributed by atoms with Gasteiger partial charge in [-0.05, 0) is 18.3 Å². The molecule has 92 valence electrons. The molecule has 0 spiro atoms. The highest BCUT2D eigenvalue weighted by molar-refractivity contribution is 5.82. The zero-order valence-corrected chi connectivity index (χ0v) is 10.3. The second kappa shape index (κ2) is 5.15. The molecule has 3 atom stereocenters. The van der Waals surface area contributed by atoms with Crippen molar-refractivity contribution >= 4 is 5.91 Å². The molecular formula is C12H23N3O. The van der Waals surface area contributed by atoms with Crippen LogP contribution < -0.4 is 10.6 Å². The number of hydrogen-bond acceptors (Lipinski definition) is 3. The second-order valence-electron chi connectivity index (χ2n) is 5.24. The van der Waals surface area contributed by atoms with Crippen molar-refractivity contribution in [1.29, 1.82) is 0 Å². The van der Waals surface area contributed by atoms with E-state index in [9.17, 15) is 4.79 Å². The van der Waals surface area contributed by atoms with Crippen LogP contribution in [-0.2, 0) is 4.79 Å². The minimum atomic E-state index is -0.00523. The SMILES string of the molecule is CC1CCN(C(=O)C2CNCCN2)CC1C. The Hall–Kier alpha value is -0.610. The van der Waals surface area contributed by atoms with Gasteiger partial charge in [-0.25, -0.2) is 0 Å². The maximum Gasteiger partial charge on any atom is 0.241 e. The second-order valence-corrected chi connectivity index (χ2v) is 5.24. The van der Waals surface area contributed by atoms with Gasteiger partial charge in [-0.1, -0.05) is 13.8 Å². The third kappa shape index (κ3) is 2.55. The predicted molar refractivity (Wildman–Crippen MR) is 64.2 cm³/mol. The van der Waals surface area contributed by atoms with E-state index in [2.05, 4.69) is 24.5 Å². The van der Waals surface area contributed by atoms with Gasteiger partial charge >= 0.3 is 0 Å². The number of nitrogens with zero attached hydrogens (tertiary/aromatic N) is 1. The van der Waals surface area contributed by atoms with Crippen molar-refractivity contribution in [2.45, 2.75) is 26.3 Å². The fourth-order valence-electron chi connectivity index (χ4n) is 2.51. The van der Waals surface area contributed by atoms with E-state index < -0.39 is 0 Å². The Morgan fingerprint density at radius 3 is 2.69 bits per heavy atom. The van der Waals surface area contributed by atoms with Gasteiger partial charge in [-0.15, -0.1) is 0 Å². The highest BCUT2D eigenvalue weighted by Gasteiger charge is 2.30. The zero-order chi connectivity index (χ0) is 11.5. The van der Waals surface area contributed by atoms with Crippen LogP contribution in [0.4, 0.5) is 0 Å². The summed E-state index contributed by atoms with van der Waals surface area (Å²) >= 11 is 0. The highest BCUT2D eigenvalue weighted by atomic mass is 16.2. The van der Waals surface area contributed by atoms with Crippen molar-refractivity contribution in [3.63, 3.8) is 0 Å². The van der Waals surface area contributed by atoms with Crippen LogP contribution in [0.25, 0.3) is 0 Å². The third-order valence-corrected chi connectivity index (χ3v) is 3.98. The molecule has 4 heteroatoms. The molecule has 0 radical (unpaired) electrons. The number of likely N-dealkylation sites (tertiary alicyclic amines) is 1. The lowest BCUT2D eigenvalue weighted by atomic mass is 9.88. The van der Waals surface area contributed by atoms with E-state index in [0.717, 1.165) is 45.1 Å². The first-order valence-electron chi connectivity index (χ1n) is 6.41. The first kappa shape index (κ1) is 11.9. The van der Waals surface area contributed by atoms with Crippen molar-refractivity contribution < 1.29 is 4.79 Å². The number of piperidine rings is 1. The summed E-state index contributed by atoms with van der Waals surface area (Å²) in [7, 11) is 0. The average molecular weight is 225 g/mol. The van der Waals surface area contributed by atoms with E-state index in [4.69, 9.17) is 0 Å². The summed E-state index contributed by atoms with van der Waals surface area (Å²) in [5, 5.41) is 6.55. The van der Waals surface area contributed by atoms with E-state index in [0.29, 0.717) is 5.92 Å². The van der Waals surface area contributed by atoms with E-state index in [-0.39, 0.29) is 11.9 Å². The zero-order valence-electron chi connectivity index (χ0n) is 10.3. The van der Waals surface area contributed by atoms with Gasteiger partial charge in [-0.2, -0.15) is 0 Å². The van der Waals surface area contributed by atoms with Crippen LogP contribution in [-0.4, -0.2) is 49.6 Å². The fraction of sp³-hybridized carbons (Fsp3) is 0.917. The highest BCUT2D eigenvalue weighted by Crippen LogP contribution is 2.22. The lowest BCUT2D eigenvalue weighted by Crippen LogP contribution is -2.58. The third-order valence-electron chi connectivity index (χ3n) is 3.98.